The van der Waals surface area contributed by atoms with E-state index < -0.39 is 4.92 Å². The number of methoxy groups -OCH3 is 1. The SMILES string of the molecule is COc1ccc(-c2[nH]cc(CC(=O)c3ccc([N+](=O)[O-])cc3)[n+]2N=Cc2ccc(N(C)C)cc2)cc1. The minimum absolute atomic E-state index is 0.0569. The van der Waals surface area contributed by atoms with Crippen molar-refractivity contribution in [3.8, 4) is 17.1 Å². The third-order valence-corrected chi connectivity index (χ3v) is 5.70. The van der Waals surface area contributed by atoms with Gasteiger partial charge in [-0.1, -0.05) is 21.9 Å². The predicted octanol–water partition coefficient (Wildman–Crippen LogP) is 4.26. The van der Waals surface area contributed by atoms with Gasteiger partial charge in [0, 0.05) is 37.5 Å². The maximum atomic E-state index is 13.0. The van der Waals surface area contributed by atoms with E-state index in [0.29, 0.717) is 17.1 Å². The summed E-state index contributed by atoms with van der Waals surface area (Å²) in [5, 5.41) is 15.6. The molecule has 182 valence electrons. The second-order valence-corrected chi connectivity index (χ2v) is 8.30. The number of ether oxygens (including phenoxy) is 1. The zero-order valence-electron chi connectivity index (χ0n) is 20.2. The van der Waals surface area contributed by atoms with Crippen LogP contribution in [0, 0.1) is 10.1 Å². The molecular weight excluding hydrogens is 458 g/mol. The first-order valence-electron chi connectivity index (χ1n) is 11.2. The van der Waals surface area contributed by atoms with Gasteiger partial charge in [-0.25, -0.2) is 4.98 Å². The summed E-state index contributed by atoms with van der Waals surface area (Å²) in [6, 6.07) is 21.1. The van der Waals surface area contributed by atoms with E-state index in [0.717, 1.165) is 22.6 Å². The monoisotopic (exact) mass is 484 g/mol. The summed E-state index contributed by atoms with van der Waals surface area (Å²) in [6.07, 6.45) is 3.54. The Balaban J connectivity index is 1.67. The van der Waals surface area contributed by atoms with Crippen LogP contribution in [0.3, 0.4) is 0 Å². The van der Waals surface area contributed by atoms with E-state index in [9.17, 15) is 14.9 Å². The molecule has 0 amide bonds. The number of hydrogen-bond acceptors (Lipinski definition) is 6. The van der Waals surface area contributed by atoms with Crippen LogP contribution in [0.5, 0.6) is 5.75 Å². The molecule has 36 heavy (non-hydrogen) atoms. The van der Waals surface area contributed by atoms with Crippen molar-refractivity contribution >= 4 is 23.4 Å². The quantitative estimate of drug-likeness (QED) is 0.126. The molecule has 0 saturated heterocycles. The third kappa shape index (κ3) is 5.47. The largest absolute Gasteiger partial charge is 0.497 e. The Bertz CT molecular complexity index is 1390. The van der Waals surface area contributed by atoms with Gasteiger partial charge < -0.3 is 9.64 Å². The Hall–Kier alpha value is -4.79. The minimum Gasteiger partial charge on any atom is -0.497 e. The van der Waals surface area contributed by atoms with Gasteiger partial charge in [0.1, 0.15) is 11.9 Å². The molecule has 3 aromatic carbocycles. The fourth-order valence-corrected chi connectivity index (χ4v) is 3.65. The number of rotatable bonds is 9. The van der Waals surface area contributed by atoms with Crippen LogP contribution in [-0.2, 0) is 6.42 Å². The summed E-state index contributed by atoms with van der Waals surface area (Å²) in [7, 11) is 5.57. The van der Waals surface area contributed by atoms with E-state index in [1.54, 1.807) is 24.2 Å². The molecule has 0 unspecified atom stereocenters. The number of nitrogens with zero attached hydrogens (tertiary/aromatic N) is 4. The summed E-state index contributed by atoms with van der Waals surface area (Å²) in [5.41, 5.74) is 3.82. The van der Waals surface area contributed by atoms with Gasteiger partial charge in [0.15, 0.2) is 11.5 Å². The van der Waals surface area contributed by atoms with Gasteiger partial charge in [0.25, 0.3) is 5.69 Å². The van der Waals surface area contributed by atoms with Crippen molar-refractivity contribution in [2.45, 2.75) is 6.42 Å². The van der Waals surface area contributed by atoms with Crippen molar-refractivity contribution in [3.63, 3.8) is 0 Å². The van der Waals surface area contributed by atoms with Crippen LogP contribution in [0.15, 0.2) is 84.1 Å². The molecule has 1 heterocycles. The minimum atomic E-state index is -0.491. The number of carbonyl (C=O) groups is 1. The van der Waals surface area contributed by atoms with Crippen LogP contribution in [0.2, 0.25) is 0 Å². The Kier molecular flexibility index (Phi) is 7.20. The summed E-state index contributed by atoms with van der Waals surface area (Å²) >= 11 is 0. The van der Waals surface area contributed by atoms with Crippen molar-refractivity contribution in [2.75, 3.05) is 26.1 Å². The number of aromatic amines is 1. The van der Waals surface area contributed by atoms with Gasteiger partial charge in [-0.05, 0) is 54.1 Å². The molecule has 0 aliphatic rings. The number of carbonyl (C=O) groups excluding carboxylic acids is 1. The van der Waals surface area contributed by atoms with Crippen molar-refractivity contribution in [2.24, 2.45) is 5.10 Å². The molecule has 1 aromatic heterocycles. The molecule has 4 rings (SSSR count). The van der Waals surface area contributed by atoms with Crippen LogP contribution in [0.1, 0.15) is 21.6 Å². The maximum Gasteiger partial charge on any atom is 0.312 e. The van der Waals surface area contributed by atoms with Crippen molar-refractivity contribution < 1.29 is 19.1 Å². The summed E-state index contributed by atoms with van der Waals surface area (Å²) in [6.45, 7) is 0. The zero-order chi connectivity index (χ0) is 25.7. The van der Waals surface area contributed by atoms with Crippen molar-refractivity contribution in [1.29, 1.82) is 0 Å². The molecule has 9 nitrogen and oxygen atoms in total. The highest BCUT2D eigenvalue weighted by Crippen LogP contribution is 2.20. The van der Waals surface area contributed by atoms with Crippen LogP contribution < -0.4 is 14.3 Å². The molecule has 0 fully saturated rings. The number of nitro benzene ring substituents is 1. The third-order valence-electron chi connectivity index (χ3n) is 5.70. The topological polar surface area (TPSA) is 105 Å². The standard InChI is InChI=1S/C27H25N5O4/c1-30(2)22-10-4-19(5-11-22)17-29-31-24(16-26(33)20-6-12-23(13-7-20)32(34)35)18-28-27(31)21-8-14-25(36-3)15-9-21/h4-15,17-18H,16H2,1-3H3/p+1. The lowest BCUT2D eigenvalue weighted by molar-refractivity contribution is -0.672. The fourth-order valence-electron chi connectivity index (χ4n) is 3.65. The maximum absolute atomic E-state index is 13.0. The van der Waals surface area contributed by atoms with E-state index in [-0.39, 0.29) is 17.9 Å². The smallest absolute Gasteiger partial charge is 0.312 e. The first-order chi connectivity index (χ1) is 17.4. The molecule has 0 spiro atoms. The number of nitro groups is 1. The molecule has 0 saturated carbocycles. The number of imidazole rings is 1. The highest BCUT2D eigenvalue weighted by atomic mass is 16.6. The van der Waals surface area contributed by atoms with Crippen LogP contribution in [0.4, 0.5) is 11.4 Å². The number of non-ortho nitro benzene ring substituents is 1. The van der Waals surface area contributed by atoms with Gasteiger partial charge in [0.05, 0.1) is 30.2 Å². The van der Waals surface area contributed by atoms with Crippen LogP contribution in [0.25, 0.3) is 11.4 Å². The highest BCUT2D eigenvalue weighted by molar-refractivity contribution is 5.97. The summed E-state index contributed by atoms with van der Waals surface area (Å²) in [4.78, 5) is 28.7. The number of H-pyrrole nitrogens is 1. The molecule has 0 bridgehead atoms. The van der Waals surface area contributed by atoms with Crippen LogP contribution >= 0.6 is 0 Å². The first-order valence-corrected chi connectivity index (χ1v) is 11.2. The van der Waals surface area contributed by atoms with E-state index in [1.165, 1.54) is 24.3 Å². The second-order valence-electron chi connectivity index (χ2n) is 8.30. The van der Waals surface area contributed by atoms with Gasteiger partial charge in [-0.15, -0.1) is 0 Å². The number of aromatic nitrogens is 2. The number of benzene rings is 3. The van der Waals surface area contributed by atoms with Crippen molar-refractivity contribution in [1.82, 2.24) is 4.98 Å². The number of anilines is 1. The molecule has 4 aromatic rings. The first kappa shape index (κ1) is 24.3. The van der Waals surface area contributed by atoms with Crippen molar-refractivity contribution in [3.05, 3.63) is 106 Å². The normalized spacial score (nSPS) is 11.0. The number of nitrogens with one attached hydrogen (secondary N) is 1. The fraction of sp³-hybridized carbons (Fsp3) is 0.148. The van der Waals surface area contributed by atoms with Gasteiger partial charge in [-0.2, -0.15) is 0 Å². The molecule has 9 heteroatoms. The van der Waals surface area contributed by atoms with Gasteiger partial charge in [-0.3, -0.25) is 14.9 Å². The molecule has 0 aliphatic heterocycles. The molecule has 0 radical (unpaired) electrons. The molecule has 0 atom stereocenters. The average Bonchev–Trinajstić information content (AvgIpc) is 3.29. The lowest BCUT2D eigenvalue weighted by atomic mass is 10.1. The Morgan fingerprint density at radius 3 is 2.31 bits per heavy atom. The summed E-state index contributed by atoms with van der Waals surface area (Å²) in [5.74, 6) is 1.25. The lowest BCUT2D eigenvalue weighted by Gasteiger charge is -2.11. The Labute approximate surface area is 208 Å². The van der Waals surface area contributed by atoms with Crippen LogP contribution in [-0.4, -0.2) is 43.1 Å². The Morgan fingerprint density at radius 2 is 1.72 bits per heavy atom. The van der Waals surface area contributed by atoms with E-state index in [4.69, 9.17) is 4.74 Å². The van der Waals surface area contributed by atoms with E-state index in [2.05, 4.69) is 10.1 Å². The molecular formula is C27H26N5O4+. The van der Waals surface area contributed by atoms with Gasteiger partial charge >= 0.3 is 5.82 Å². The lowest BCUT2D eigenvalue weighted by Crippen LogP contribution is -2.34. The van der Waals surface area contributed by atoms with Gasteiger partial charge in [0.2, 0.25) is 0 Å². The predicted molar refractivity (Wildman–Crippen MR) is 138 cm³/mol. The second kappa shape index (κ2) is 10.6. The van der Waals surface area contributed by atoms with E-state index >= 15 is 0 Å². The number of Topliss-reactive ketones (excluding diaryl/α,β-unsaturated/α-hetero) is 1. The average molecular weight is 485 g/mol. The van der Waals surface area contributed by atoms with E-state index in [1.807, 2.05) is 67.5 Å². The molecule has 1 N–H and O–H groups in total. The number of hydrogen-bond donors (Lipinski definition) is 1. The highest BCUT2D eigenvalue weighted by Gasteiger charge is 2.23. The number of ketones is 1. The molecule has 0 aliphatic carbocycles. The Morgan fingerprint density at radius 1 is 1.06 bits per heavy atom. The summed E-state index contributed by atoms with van der Waals surface area (Å²) < 4.78 is 6.96. The zero-order valence-corrected chi connectivity index (χ0v) is 20.2.